The summed E-state index contributed by atoms with van der Waals surface area (Å²) in [6.07, 6.45) is -4.67. The molecule has 1 aliphatic heterocycles. The lowest BCUT2D eigenvalue weighted by atomic mass is 10.0. The normalized spacial score (nSPS) is 14.2. The molecule has 0 atom stereocenters. The molecular formula is C22H17F4NO3S. The SMILES string of the molecule is Cc1cc(F)cc(-c2ccc3c(c2)N(S(=O)(=O)c2cccc(C(F)(F)F)c2)CCO3)c1. The van der Waals surface area contributed by atoms with E-state index in [1.54, 1.807) is 25.1 Å². The molecule has 1 aliphatic rings. The van der Waals surface area contributed by atoms with Crippen molar-refractivity contribution in [3.05, 3.63) is 77.6 Å². The molecule has 1 heterocycles. The lowest BCUT2D eigenvalue weighted by Gasteiger charge is -2.31. The molecule has 31 heavy (non-hydrogen) atoms. The monoisotopic (exact) mass is 451 g/mol. The number of nitrogens with zero attached hydrogens (tertiary/aromatic N) is 1. The summed E-state index contributed by atoms with van der Waals surface area (Å²) in [7, 11) is -4.29. The van der Waals surface area contributed by atoms with Crippen LogP contribution in [0.1, 0.15) is 11.1 Å². The Hall–Kier alpha value is -3.07. The lowest BCUT2D eigenvalue weighted by Crippen LogP contribution is -2.38. The average molecular weight is 451 g/mol. The number of rotatable bonds is 3. The molecule has 4 rings (SSSR count). The van der Waals surface area contributed by atoms with Gasteiger partial charge in [0.1, 0.15) is 18.2 Å². The van der Waals surface area contributed by atoms with Gasteiger partial charge in [0.05, 0.1) is 22.7 Å². The molecule has 0 unspecified atom stereocenters. The average Bonchev–Trinajstić information content (AvgIpc) is 2.71. The number of sulfonamides is 1. The van der Waals surface area contributed by atoms with Gasteiger partial charge in [-0.2, -0.15) is 13.2 Å². The van der Waals surface area contributed by atoms with Crippen LogP contribution in [0.5, 0.6) is 5.75 Å². The Morgan fingerprint density at radius 1 is 0.968 bits per heavy atom. The molecule has 0 saturated heterocycles. The fraction of sp³-hybridized carbons (Fsp3) is 0.182. The smallest absolute Gasteiger partial charge is 0.416 e. The fourth-order valence-corrected chi connectivity index (χ4v) is 4.98. The largest absolute Gasteiger partial charge is 0.489 e. The van der Waals surface area contributed by atoms with Gasteiger partial charge in [-0.15, -0.1) is 0 Å². The van der Waals surface area contributed by atoms with Gasteiger partial charge in [0, 0.05) is 0 Å². The number of anilines is 1. The zero-order chi connectivity index (χ0) is 22.4. The Bertz CT molecular complexity index is 1240. The van der Waals surface area contributed by atoms with Crippen molar-refractivity contribution in [3.63, 3.8) is 0 Å². The molecule has 0 saturated carbocycles. The van der Waals surface area contributed by atoms with Crippen LogP contribution in [0, 0.1) is 12.7 Å². The third kappa shape index (κ3) is 4.10. The predicted molar refractivity (Wildman–Crippen MR) is 108 cm³/mol. The van der Waals surface area contributed by atoms with Gasteiger partial charge < -0.3 is 4.74 Å². The van der Waals surface area contributed by atoms with E-state index in [4.69, 9.17) is 4.74 Å². The van der Waals surface area contributed by atoms with E-state index in [1.165, 1.54) is 18.2 Å². The third-order valence-corrected chi connectivity index (χ3v) is 6.71. The molecule has 3 aromatic rings. The summed E-state index contributed by atoms with van der Waals surface area (Å²) in [6.45, 7) is 1.71. The van der Waals surface area contributed by atoms with Gasteiger partial charge in [-0.05, 0) is 66.1 Å². The molecule has 0 aliphatic carbocycles. The Labute approximate surface area is 176 Å². The van der Waals surface area contributed by atoms with Crippen LogP contribution >= 0.6 is 0 Å². The first kappa shape index (κ1) is 21.2. The van der Waals surface area contributed by atoms with Gasteiger partial charge >= 0.3 is 6.18 Å². The van der Waals surface area contributed by atoms with Crippen LogP contribution in [0.3, 0.4) is 0 Å². The highest BCUT2D eigenvalue weighted by molar-refractivity contribution is 7.92. The molecule has 0 spiro atoms. The molecule has 3 aromatic carbocycles. The molecule has 0 amide bonds. The number of aryl methyl sites for hydroxylation is 1. The predicted octanol–water partition coefficient (Wildman–Crippen LogP) is 5.41. The van der Waals surface area contributed by atoms with Crippen molar-refractivity contribution >= 4 is 15.7 Å². The Morgan fingerprint density at radius 3 is 2.45 bits per heavy atom. The summed E-state index contributed by atoms with van der Waals surface area (Å²) in [6, 6.07) is 12.8. The Morgan fingerprint density at radius 2 is 1.74 bits per heavy atom. The first-order chi connectivity index (χ1) is 14.6. The van der Waals surface area contributed by atoms with Crippen LogP contribution < -0.4 is 9.04 Å². The second kappa shape index (κ2) is 7.56. The minimum absolute atomic E-state index is 0.0452. The quantitative estimate of drug-likeness (QED) is 0.501. The molecule has 0 aromatic heterocycles. The Balaban J connectivity index is 1.80. The first-order valence-electron chi connectivity index (χ1n) is 9.30. The third-order valence-electron chi connectivity index (χ3n) is 4.90. The minimum atomic E-state index is -4.67. The van der Waals surface area contributed by atoms with E-state index in [1.807, 2.05) is 0 Å². The topological polar surface area (TPSA) is 46.6 Å². The van der Waals surface area contributed by atoms with E-state index < -0.39 is 32.5 Å². The number of hydrogen-bond acceptors (Lipinski definition) is 3. The van der Waals surface area contributed by atoms with Crippen molar-refractivity contribution in [3.8, 4) is 16.9 Å². The van der Waals surface area contributed by atoms with E-state index in [9.17, 15) is 26.0 Å². The number of halogens is 4. The van der Waals surface area contributed by atoms with Gasteiger partial charge in [-0.25, -0.2) is 12.8 Å². The molecule has 0 radical (unpaired) electrons. The highest BCUT2D eigenvalue weighted by Gasteiger charge is 2.34. The van der Waals surface area contributed by atoms with Crippen molar-refractivity contribution in [2.24, 2.45) is 0 Å². The molecule has 9 heteroatoms. The summed E-state index contributed by atoms with van der Waals surface area (Å²) >= 11 is 0. The summed E-state index contributed by atoms with van der Waals surface area (Å²) in [4.78, 5) is -0.470. The van der Waals surface area contributed by atoms with Crippen LogP contribution in [-0.4, -0.2) is 21.6 Å². The van der Waals surface area contributed by atoms with Crippen molar-refractivity contribution in [1.29, 1.82) is 0 Å². The van der Waals surface area contributed by atoms with Crippen molar-refractivity contribution < 1.29 is 30.7 Å². The first-order valence-corrected chi connectivity index (χ1v) is 10.7. The van der Waals surface area contributed by atoms with E-state index >= 15 is 0 Å². The molecule has 0 bridgehead atoms. The van der Waals surface area contributed by atoms with Crippen molar-refractivity contribution in [1.82, 2.24) is 0 Å². The molecule has 162 valence electrons. The second-order valence-electron chi connectivity index (χ2n) is 7.15. The van der Waals surface area contributed by atoms with Crippen LogP contribution in [-0.2, 0) is 16.2 Å². The van der Waals surface area contributed by atoms with E-state index in [0.717, 1.165) is 22.5 Å². The standard InChI is InChI=1S/C22H17F4NO3S/c1-14-9-16(11-18(23)10-14)15-5-6-21-20(12-15)27(7-8-30-21)31(28,29)19-4-2-3-17(13-19)22(24,25)26/h2-6,9-13H,7-8H2,1H3. The maximum absolute atomic E-state index is 13.9. The van der Waals surface area contributed by atoms with E-state index in [2.05, 4.69) is 0 Å². The van der Waals surface area contributed by atoms with Crippen LogP contribution in [0.15, 0.2) is 65.6 Å². The van der Waals surface area contributed by atoms with Crippen molar-refractivity contribution in [2.75, 3.05) is 17.5 Å². The fourth-order valence-electron chi connectivity index (χ4n) is 3.49. The number of benzene rings is 3. The van der Waals surface area contributed by atoms with Crippen molar-refractivity contribution in [2.45, 2.75) is 18.0 Å². The zero-order valence-corrected chi connectivity index (χ0v) is 17.1. The number of fused-ring (bicyclic) bond motifs is 1. The molecular weight excluding hydrogens is 434 g/mol. The maximum atomic E-state index is 13.9. The highest BCUT2D eigenvalue weighted by atomic mass is 32.2. The summed E-state index contributed by atoms with van der Waals surface area (Å²) in [5.74, 6) is -0.156. The summed E-state index contributed by atoms with van der Waals surface area (Å²) in [5.41, 5.74) is 0.921. The van der Waals surface area contributed by atoms with Gasteiger partial charge in [0.2, 0.25) is 0 Å². The molecule has 0 N–H and O–H groups in total. The second-order valence-corrected chi connectivity index (χ2v) is 9.01. The van der Waals surface area contributed by atoms with Crippen LogP contribution in [0.4, 0.5) is 23.2 Å². The van der Waals surface area contributed by atoms with Gasteiger partial charge in [-0.3, -0.25) is 4.31 Å². The van der Waals surface area contributed by atoms with E-state index in [0.29, 0.717) is 22.8 Å². The summed E-state index contributed by atoms with van der Waals surface area (Å²) in [5, 5.41) is 0. The minimum Gasteiger partial charge on any atom is -0.489 e. The maximum Gasteiger partial charge on any atom is 0.416 e. The molecule has 4 nitrogen and oxygen atoms in total. The number of ether oxygens (including phenoxy) is 1. The van der Waals surface area contributed by atoms with Gasteiger partial charge in [0.25, 0.3) is 10.0 Å². The van der Waals surface area contributed by atoms with Gasteiger partial charge in [0.15, 0.2) is 0 Å². The highest BCUT2D eigenvalue weighted by Crippen LogP contribution is 2.39. The Kier molecular flexibility index (Phi) is 5.17. The van der Waals surface area contributed by atoms with E-state index in [-0.39, 0.29) is 24.6 Å². The zero-order valence-electron chi connectivity index (χ0n) is 16.3. The number of alkyl halides is 3. The summed E-state index contributed by atoms with van der Waals surface area (Å²) < 4.78 is 86.1. The number of hydrogen-bond donors (Lipinski definition) is 0. The lowest BCUT2D eigenvalue weighted by molar-refractivity contribution is -0.137. The van der Waals surface area contributed by atoms with Crippen LogP contribution in [0.25, 0.3) is 11.1 Å². The van der Waals surface area contributed by atoms with Gasteiger partial charge in [-0.1, -0.05) is 18.2 Å². The van der Waals surface area contributed by atoms with Crippen LogP contribution in [0.2, 0.25) is 0 Å². The molecule has 0 fully saturated rings.